The van der Waals surface area contributed by atoms with Crippen LogP contribution in [0.15, 0.2) is 0 Å². The zero-order valence-corrected chi connectivity index (χ0v) is 9.91. The molecule has 0 aromatic heterocycles. The summed E-state index contributed by atoms with van der Waals surface area (Å²) in [6.07, 6.45) is -0.126. The molecule has 0 aliphatic rings. The van der Waals surface area contributed by atoms with E-state index in [4.69, 9.17) is 5.11 Å². The Bertz CT molecular complexity index is 350. The summed E-state index contributed by atoms with van der Waals surface area (Å²) in [5.74, 6) is -1.98. The number of ether oxygens (including phenoxy) is 1. The standard InChI is InChI=1S/C8H15NO6S/c1-3-15-7(10)4-5-9-16(13,14)6(2)8(11)12/h6,9H,3-5H2,1-2H3,(H,11,12). The van der Waals surface area contributed by atoms with Crippen molar-refractivity contribution in [2.24, 2.45) is 0 Å². The maximum absolute atomic E-state index is 11.3. The number of rotatable bonds is 7. The molecule has 0 spiro atoms. The summed E-state index contributed by atoms with van der Waals surface area (Å²) >= 11 is 0. The molecule has 0 rings (SSSR count). The first kappa shape index (κ1) is 14.8. The number of carboxylic acid groups (broad SMARTS) is 1. The first-order valence-electron chi connectivity index (χ1n) is 4.68. The molecule has 7 nitrogen and oxygen atoms in total. The molecule has 0 fully saturated rings. The highest BCUT2D eigenvalue weighted by atomic mass is 32.2. The Morgan fingerprint density at radius 1 is 1.44 bits per heavy atom. The SMILES string of the molecule is CCOC(=O)CCNS(=O)(=O)C(C)C(=O)O. The van der Waals surface area contributed by atoms with E-state index in [9.17, 15) is 18.0 Å². The van der Waals surface area contributed by atoms with Crippen LogP contribution in [0.1, 0.15) is 20.3 Å². The molecule has 0 aromatic carbocycles. The van der Waals surface area contributed by atoms with Crippen molar-refractivity contribution in [3.63, 3.8) is 0 Å². The zero-order chi connectivity index (χ0) is 12.8. The highest BCUT2D eigenvalue weighted by Crippen LogP contribution is 1.98. The summed E-state index contributed by atoms with van der Waals surface area (Å²) < 4.78 is 29.1. The molecule has 0 saturated heterocycles. The Labute approximate surface area is 93.8 Å². The fraction of sp³-hybridized carbons (Fsp3) is 0.750. The van der Waals surface area contributed by atoms with Gasteiger partial charge in [-0.05, 0) is 13.8 Å². The van der Waals surface area contributed by atoms with Crippen LogP contribution < -0.4 is 4.72 Å². The van der Waals surface area contributed by atoms with E-state index in [-0.39, 0.29) is 19.6 Å². The normalized spacial score (nSPS) is 13.1. The van der Waals surface area contributed by atoms with Crippen LogP contribution >= 0.6 is 0 Å². The summed E-state index contributed by atoms with van der Waals surface area (Å²) in [6.45, 7) is 2.74. The number of esters is 1. The number of sulfonamides is 1. The van der Waals surface area contributed by atoms with E-state index in [1.807, 2.05) is 4.72 Å². The van der Waals surface area contributed by atoms with Crippen molar-refractivity contribution in [3.8, 4) is 0 Å². The molecule has 0 heterocycles. The second-order valence-corrected chi connectivity index (χ2v) is 5.06. The van der Waals surface area contributed by atoms with Gasteiger partial charge in [0.15, 0.2) is 5.25 Å². The number of carboxylic acids is 1. The van der Waals surface area contributed by atoms with Crippen LogP contribution in [0.3, 0.4) is 0 Å². The summed E-state index contributed by atoms with van der Waals surface area (Å²) in [6, 6.07) is 0. The Hall–Kier alpha value is -1.15. The number of hydrogen-bond acceptors (Lipinski definition) is 5. The third kappa shape index (κ3) is 5.08. The number of aliphatic carboxylic acids is 1. The molecule has 1 atom stereocenters. The second-order valence-electron chi connectivity index (χ2n) is 2.97. The average molecular weight is 253 g/mol. The van der Waals surface area contributed by atoms with Crippen LogP contribution in [0.4, 0.5) is 0 Å². The van der Waals surface area contributed by atoms with Crippen LogP contribution in [0.25, 0.3) is 0 Å². The van der Waals surface area contributed by atoms with Crippen LogP contribution in [0.5, 0.6) is 0 Å². The Kier molecular flexibility index (Phi) is 5.97. The molecular formula is C8H15NO6S. The number of nitrogens with one attached hydrogen (secondary N) is 1. The Balaban J connectivity index is 4.11. The maximum Gasteiger partial charge on any atom is 0.323 e. The second kappa shape index (κ2) is 6.44. The van der Waals surface area contributed by atoms with Crippen molar-refractivity contribution in [2.45, 2.75) is 25.5 Å². The summed E-state index contributed by atoms with van der Waals surface area (Å²) in [5.41, 5.74) is 0. The zero-order valence-electron chi connectivity index (χ0n) is 9.10. The van der Waals surface area contributed by atoms with Gasteiger partial charge in [0.2, 0.25) is 10.0 Å². The first-order chi connectivity index (χ1) is 7.31. The van der Waals surface area contributed by atoms with Crippen molar-refractivity contribution < 1.29 is 27.9 Å². The largest absolute Gasteiger partial charge is 0.480 e. The van der Waals surface area contributed by atoms with E-state index < -0.39 is 27.2 Å². The molecule has 0 bridgehead atoms. The van der Waals surface area contributed by atoms with E-state index in [1.165, 1.54) is 0 Å². The lowest BCUT2D eigenvalue weighted by Crippen LogP contribution is -2.38. The summed E-state index contributed by atoms with van der Waals surface area (Å²) in [5, 5.41) is 6.95. The number of hydrogen-bond donors (Lipinski definition) is 2. The fourth-order valence-electron chi connectivity index (χ4n) is 0.786. The molecular weight excluding hydrogens is 238 g/mol. The van der Waals surface area contributed by atoms with E-state index >= 15 is 0 Å². The van der Waals surface area contributed by atoms with Gasteiger partial charge in [0.05, 0.1) is 13.0 Å². The van der Waals surface area contributed by atoms with Gasteiger partial charge in [-0.3, -0.25) is 9.59 Å². The lowest BCUT2D eigenvalue weighted by molar-refractivity contribution is -0.142. The molecule has 0 saturated carbocycles. The van der Waals surface area contributed by atoms with Crippen molar-refractivity contribution in [1.82, 2.24) is 4.72 Å². The number of carbonyl (C=O) groups is 2. The minimum Gasteiger partial charge on any atom is -0.480 e. The number of carbonyl (C=O) groups excluding carboxylic acids is 1. The predicted molar refractivity (Wildman–Crippen MR) is 55.3 cm³/mol. The van der Waals surface area contributed by atoms with Gasteiger partial charge < -0.3 is 9.84 Å². The lowest BCUT2D eigenvalue weighted by Gasteiger charge is -2.09. The third-order valence-electron chi connectivity index (χ3n) is 1.75. The van der Waals surface area contributed by atoms with Gasteiger partial charge >= 0.3 is 11.9 Å². The van der Waals surface area contributed by atoms with Gasteiger partial charge in [-0.25, -0.2) is 13.1 Å². The van der Waals surface area contributed by atoms with Gasteiger partial charge in [0.25, 0.3) is 0 Å². The van der Waals surface area contributed by atoms with Crippen molar-refractivity contribution >= 4 is 22.0 Å². The van der Waals surface area contributed by atoms with Crippen molar-refractivity contribution in [3.05, 3.63) is 0 Å². The molecule has 8 heteroatoms. The van der Waals surface area contributed by atoms with Crippen LogP contribution in [-0.2, 0) is 24.3 Å². The maximum atomic E-state index is 11.3. The van der Waals surface area contributed by atoms with Crippen molar-refractivity contribution in [1.29, 1.82) is 0 Å². The highest BCUT2D eigenvalue weighted by molar-refractivity contribution is 7.90. The average Bonchev–Trinajstić information content (AvgIpc) is 2.16. The van der Waals surface area contributed by atoms with Gasteiger partial charge in [-0.2, -0.15) is 0 Å². The minimum absolute atomic E-state index is 0.126. The molecule has 0 amide bonds. The Morgan fingerprint density at radius 2 is 2.00 bits per heavy atom. The quantitative estimate of drug-likeness (QED) is 0.582. The van der Waals surface area contributed by atoms with E-state index in [0.717, 1.165) is 6.92 Å². The topological polar surface area (TPSA) is 110 Å². The van der Waals surface area contributed by atoms with Gasteiger partial charge in [-0.1, -0.05) is 0 Å². The van der Waals surface area contributed by atoms with Crippen LogP contribution in [0, 0.1) is 0 Å². The molecule has 1 unspecified atom stereocenters. The third-order valence-corrected chi connectivity index (χ3v) is 3.49. The monoisotopic (exact) mass is 253 g/mol. The molecule has 0 aromatic rings. The van der Waals surface area contributed by atoms with Crippen LogP contribution in [0.2, 0.25) is 0 Å². The molecule has 0 aliphatic carbocycles. The Morgan fingerprint density at radius 3 is 2.44 bits per heavy atom. The van der Waals surface area contributed by atoms with E-state index in [2.05, 4.69) is 4.74 Å². The van der Waals surface area contributed by atoms with E-state index in [1.54, 1.807) is 6.92 Å². The van der Waals surface area contributed by atoms with Crippen molar-refractivity contribution in [2.75, 3.05) is 13.2 Å². The highest BCUT2D eigenvalue weighted by Gasteiger charge is 2.27. The summed E-state index contributed by atoms with van der Waals surface area (Å²) in [7, 11) is -3.93. The summed E-state index contributed by atoms with van der Waals surface area (Å²) in [4.78, 5) is 21.3. The fourth-order valence-corrected chi connectivity index (χ4v) is 1.69. The van der Waals surface area contributed by atoms with Gasteiger partial charge in [0.1, 0.15) is 0 Å². The first-order valence-corrected chi connectivity index (χ1v) is 6.22. The van der Waals surface area contributed by atoms with Gasteiger partial charge in [0, 0.05) is 6.54 Å². The molecule has 16 heavy (non-hydrogen) atoms. The van der Waals surface area contributed by atoms with Crippen LogP contribution in [-0.4, -0.2) is 43.9 Å². The molecule has 0 radical (unpaired) electrons. The molecule has 2 N–H and O–H groups in total. The van der Waals surface area contributed by atoms with E-state index in [0.29, 0.717) is 0 Å². The molecule has 94 valence electrons. The minimum atomic E-state index is -3.93. The molecule has 0 aliphatic heterocycles. The predicted octanol–water partition coefficient (Wildman–Crippen LogP) is -0.668. The van der Waals surface area contributed by atoms with Gasteiger partial charge in [-0.15, -0.1) is 0 Å². The smallest absolute Gasteiger partial charge is 0.323 e. The lowest BCUT2D eigenvalue weighted by atomic mass is 10.4.